The molecule has 0 saturated heterocycles. The Bertz CT molecular complexity index is 1160. The standard InChI is InChI=1S/C26H34N4O2/c1-7-16-29(25(32)28-26(4,5)6)22(8-2)23-27-21-15-10-9-14-20(21)24(31)30(23)19-13-11-12-18(3)17-19/h9-15,17,22H,7-8,16H2,1-6H3,(H,28,32). The van der Waals surface area contributed by atoms with Gasteiger partial charge in [0.25, 0.3) is 5.56 Å². The lowest BCUT2D eigenvalue weighted by Crippen LogP contribution is -2.50. The number of fused-ring (bicyclic) bond motifs is 1. The lowest BCUT2D eigenvalue weighted by Gasteiger charge is -2.34. The van der Waals surface area contributed by atoms with Gasteiger partial charge in [-0.3, -0.25) is 9.36 Å². The Morgan fingerprint density at radius 2 is 1.84 bits per heavy atom. The van der Waals surface area contributed by atoms with Crippen molar-refractivity contribution in [2.75, 3.05) is 6.54 Å². The first-order chi connectivity index (χ1) is 15.2. The molecular formula is C26H34N4O2. The van der Waals surface area contributed by atoms with Gasteiger partial charge in [0.1, 0.15) is 5.82 Å². The van der Waals surface area contributed by atoms with E-state index in [0.29, 0.717) is 29.7 Å². The van der Waals surface area contributed by atoms with E-state index >= 15 is 0 Å². The molecule has 3 rings (SSSR count). The van der Waals surface area contributed by atoms with Gasteiger partial charge in [-0.2, -0.15) is 0 Å². The van der Waals surface area contributed by atoms with Gasteiger partial charge in [-0.15, -0.1) is 0 Å². The summed E-state index contributed by atoms with van der Waals surface area (Å²) in [4.78, 5) is 33.7. The molecule has 32 heavy (non-hydrogen) atoms. The number of carbonyl (C=O) groups excluding carboxylic acids is 1. The smallest absolute Gasteiger partial charge is 0.318 e. The number of para-hydroxylation sites is 1. The van der Waals surface area contributed by atoms with Gasteiger partial charge >= 0.3 is 6.03 Å². The molecular weight excluding hydrogens is 400 g/mol. The number of rotatable bonds is 6. The van der Waals surface area contributed by atoms with Gasteiger partial charge in [0.2, 0.25) is 0 Å². The zero-order valence-corrected chi connectivity index (χ0v) is 20.0. The Hall–Kier alpha value is -3.15. The molecule has 1 N–H and O–H groups in total. The number of aromatic nitrogens is 2. The van der Waals surface area contributed by atoms with Crippen LogP contribution in [0, 0.1) is 6.92 Å². The zero-order chi connectivity index (χ0) is 23.5. The van der Waals surface area contributed by atoms with Gasteiger partial charge in [0.15, 0.2) is 0 Å². The van der Waals surface area contributed by atoms with E-state index in [1.807, 2.05) is 88.9 Å². The number of aryl methyl sites for hydroxylation is 1. The maximum Gasteiger partial charge on any atom is 0.318 e. The Labute approximate surface area is 190 Å². The van der Waals surface area contributed by atoms with Crippen LogP contribution in [0.15, 0.2) is 53.3 Å². The van der Waals surface area contributed by atoms with Crippen LogP contribution in [0.3, 0.4) is 0 Å². The number of nitrogens with one attached hydrogen (secondary N) is 1. The largest absolute Gasteiger partial charge is 0.333 e. The molecule has 6 heteroatoms. The predicted octanol–water partition coefficient (Wildman–Crippen LogP) is 5.37. The van der Waals surface area contributed by atoms with Crippen LogP contribution in [0.4, 0.5) is 4.79 Å². The van der Waals surface area contributed by atoms with Crippen LogP contribution in [0.5, 0.6) is 0 Å². The maximum atomic E-state index is 13.7. The lowest BCUT2D eigenvalue weighted by atomic mass is 10.1. The van der Waals surface area contributed by atoms with Crippen molar-refractivity contribution in [1.29, 1.82) is 0 Å². The summed E-state index contributed by atoms with van der Waals surface area (Å²) in [7, 11) is 0. The van der Waals surface area contributed by atoms with Crippen molar-refractivity contribution in [3.8, 4) is 5.69 Å². The van der Waals surface area contributed by atoms with Gasteiger partial charge in [0.05, 0.1) is 22.6 Å². The summed E-state index contributed by atoms with van der Waals surface area (Å²) in [6.45, 7) is 12.5. The van der Waals surface area contributed by atoms with Crippen molar-refractivity contribution >= 4 is 16.9 Å². The average molecular weight is 435 g/mol. The van der Waals surface area contributed by atoms with E-state index in [1.165, 1.54) is 0 Å². The maximum absolute atomic E-state index is 13.7. The molecule has 0 bridgehead atoms. The Morgan fingerprint density at radius 1 is 1.12 bits per heavy atom. The molecule has 0 radical (unpaired) electrons. The highest BCUT2D eigenvalue weighted by Crippen LogP contribution is 2.27. The average Bonchev–Trinajstić information content (AvgIpc) is 2.72. The first-order valence-corrected chi connectivity index (χ1v) is 11.3. The lowest BCUT2D eigenvalue weighted by molar-refractivity contribution is 0.160. The van der Waals surface area contributed by atoms with Gasteiger partial charge in [-0.25, -0.2) is 9.78 Å². The van der Waals surface area contributed by atoms with Crippen molar-refractivity contribution in [3.05, 3.63) is 70.3 Å². The van der Waals surface area contributed by atoms with Crippen molar-refractivity contribution in [3.63, 3.8) is 0 Å². The second kappa shape index (κ2) is 9.55. The molecule has 170 valence electrons. The fraction of sp³-hybridized carbons (Fsp3) is 0.423. The van der Waals surface area contributed by atoms with E-state index in [1.54, 1.807) is 10.6 Å². The number of amides is 2. The number of nitrogens with zero attached hydrogens (tertiary/aromatic N) is 3. The normalized spacial score (nSPS) is 12.6. The molecule has 1 unspecified atom stereocenters. The summed E-state index contributed by atoms with van der Waals surface area (Å²) in [5.74, 6) is 0.583. The molecule has 1 atom stereocenters. The summed E-state index contributed by atoms with van der Waals surface area (Å²) < 4.78 is 1.68. The van der Waals surface area contributed by atoms with Crippen LogP contribution in [-0.4, -0.2) is 32.6 Å². The van der Waals surface area contributed by atoms with Crippen molar-refractivity contribution in [2.24, 2.45) is 0 Å². The summed E-state index contributed by atoms with van der Waals surface area (Å²) in [5.41, 5.74) is 1.96. The van der Waals surface area contributed by atoms with Crippen LogP contribution in [-0.2, 0) is 0 Å². The van der Waals surface area contributed by atoms with E-state index in [2.05, 4.69) is 5.32 Å². The van der Waals surface area contributed by atoms with E-state index in [0.717, 1.165) is 17.7 Å². The van der Waals surface area contributed by atoms with Crippen LogP contribution in [0.2, 0.25) is 0 Å². The number of benzene rings is 2. The van der Waals surface area contributed by atoms with E-state index in [4.69, 9.17) is 4.98 Å². The molecule has 1 heterocycles. The minimum atomic E-state index is -0.367. The third-order valence-electron chi connectivity index (χ3n) is 5.33. The molecule has 0 spiro atoms. The molecule has 0 aliphatic rings. The Balaban J connectivity index is 2.27. The van der Waals surface area contributed by atoms with Crippen molar-refractivity contribution in [1.82, 2.24) is 19.8 Å². The number of urea groups is 1. The zero-order valence-electron chi connectivity index (χ0n) is 20.0. The monoisotopic (exact) mass is 434 g/mol. The van der Waals surface area contributed by atoms with E-state index in [-0.39, 0.29) is 23.2 Å². The molecule has 0 fully saturated rings. The first kappa shape index (κ1) is 23.5. The van der Waals surface area contributed by atoms with E-state index in [9.17, 15) is 9.59 Å². The number of hydrogen-bond acceptors (Lipinski definition) is 3. The second-order valence-electron chi connectivity index (χ2n) is 9.26. The topological polar surface area (TPSA) is 67.2 Å². The number of carbonyl (C=O) groups is 1. The fourth-order valence-electron chi connectivity index (χ4n) is 3.96. The summed E-state index contributed by atoms with van der Waals surface area (Å²) in [6.07, 6.45) is 1.44. The molecule has 6 nitrogen and oxygen atoms in total. The predicted molar refractivity (Wildman–Crippen MR) is 130 cm³/mol. The third kappa shape index (κ3) is 5.01. The van der Waals surface area contributed by atoms with Gasteiger partial charge in [-0.1, -0.05) is 38.1 Å². The quantitative estimate of drug-likeness (QED) is 0.567. The Kier molecular flexibility index (Phi) is 7.02. The molecule has 1 aromatic heterocycles. The van der Waals surface area contributed by atoms with Gasteiger partial charge < -0.3 is 10.2 Å². The molecule has 2 aromatic carbocycles. The molecule has 0 aliphatic carbocycles. The fourth-order valence-corrected chi connectivity index (χ4v) is 3.96. The summed E-state index contributed by atoms with van der Waals surface area (Å²) in [5, 5.41) is 3.64. The van der Waals surface area contributed by atoms with Crippen LogP contribution in [0.1, 0.15) is 64.9 Å². The minimum absolute atomic E-state index is 0.123. The second-order valence-corrected chi connectivity index (χ2v) is 9.26. The third-order valence-corrected chi connectivity index (χ3v) is 5.33. The highest BCUT2D eigenvalue weighted by atomic mass is 16.2. The molecule has 0 aliphatic heterocycles. The first-order valence-electron chi connectivity index (χ1n) is 11.3. The minimum Gasteiger partial charge on any atom is -0.333 e. The highest BCUT2D eigenvalue weighted by Gasteiger charge is 2.30. The number of hydrogen-bond donors (Lipinski definition) is 1. The van der Waals surface area contributed by atoms with E-state index < -0.39 is 0 Å². The van der Waals surface area contributed by atoms with Gasteiger partial charge in [-0.05, 0) is 70.4 Å². The Morgan fingerprint density at radius 3 is 2.47 bits per heavy atom. The van der Waals surface area contributed by atoms with Crippen LogP contribution >= 0.6 is 0 Å². The molecule has 3 aromatic rings. The van der Waals surface area contributed by atoms with Crippen LogP contribution < -0.4 is 10.9 Å². The van der Waals surface area contributed by atoms with Crippen molar-refractivity contribution < 1.29 is 4.79 Å². The SMILES string of the molecule is CCCN(C(=O)NC(C)(C)C)C(CC)c1nc2ccccc2c(=O)n1-c1cccc(C)c1. The van der Waals surface area contributed by atoms with Crippen LogP contribution in [0.25, 0.3) is 16.6 Å². The molecule has 0 saturated carbocycles. The summed E-state index contributed by atoms with van der Waals surface area (Å²) in [6, 6.07) is 14.7. The highest BCUT2D eigenvalue weighted by molar-refractivity contribution is 5.78. The van der Waals surface area contributed by atoms with Gasteiger partial charge in [0, 0.05) is 12.1 Å². The molecule has 2 amide bonds. The van der Waals surface area contributed by atoms with Crippen molar-refractivity contribution in [2.45, 2.75) is 66.0 Å². The summed E-state index contributed by atoms with van der Waals surface area (Å²) >= 11 is 0.